The summed E-state index contributed by atoms with van der Waals surface area (Å²) in [5.74, 6) is -0.397. The molecule has 1 aromatic rings. The van der Waals surface area contributed by atoms with Crippen LogP contribution >= 0.6 is 23.2 Å². The molecule has 0 aliphatic carbocycles. The van der Waals surface area contributed by atoms with E-state index in [0.717, 1.165) is 0 Å². The van der Waals surface area contributed by atoms with Gasteiger partial charge >= 0.3 is 0 Å². The van der Waals surface area contributed by atoms with Crippen LogP contribution in [0.5, 0.6) is 0 Å². The molecule has 0 aliphatic heterocycles. The van der Waals surface area contributed by atoms with Gasteiger partial charge in [-0.15, -0.1) is 0 Å². The van der Waals surface area contributed by atoms with Crippen molar-refractivity contribution >= 4 is 40.7 Å². The molecule has 1 aromatic carbocycles. The van der Waals surface area contributed by atoms with Gasteiger partial charge < -0.3 is 20.9 Å². The molecule has 0 atom stereocenters. The van der Waals surface area contributed by atoms with Crippen molar-refractivity contribution in [3.8, 4) is 0 Å². The SMILES string of the molecule is CNC(=O)CN(CC(=O)NCCNC(C)C)c1ccc(Cl)cc1Cl. The second-order valence-corrected chi connectivity index (χ2v) is 6.43. The van der Waals surface area contributed by atoms with Crippen molar-refractivity contribution in [1.29, 1.82) is 0 Å². The van der Waals surface area contributed by atoms with Crippen LogP contribution in [0.25, 0.3) is 0 Å². The van der Waals surface area contributed by atoms with Crippen molar-refractivity contribution in [2.75, 3.05) is 38.1 Å². The molecule has 0 saturated carbocycles. The summed E-state index contributed by atoms with van der Waals surface area (Å²) in [5.41, 5.74) is 0.583. The monoisotopic (exact) mass is 374 g/mol. The van der Waals surface area contributed by atoms with Gasteiger partial charge in [-0.2, -0.15) is 0 Å². The first-order chi connectivity index (χ1) is 11.3. The Morgan fingerprint density at radius 1 is 1.12 bits per heavy atom. The van der Waals surface area contributed by atoms with Crippen molar-refractivity contribution in [2.45, 2.75) is 19.9 Å². The molecular formula is C16H24Cl2N4O2. The standard InChI is InChI=1S/C16H24Cl2N4O2/c1-11(2)20-6-7-21-16(24)10-22(9-15(23)19-3)14-5-4-12(17)8-13(14)18/h4-5,8,11,20H,6-7,9-10H2,1-3H3,(H,19,23)(H,21,24). The maximum Gasteiger partial charge on any atom is 0.239 e. The van der Waals surface area contributed by atoms with Crippen molar-refractivity contribution < 1.29 is 9.59 Å². The van der Waals surface area contributed by atoms with E-state index in [-0.39, 0.29) is 24.9 Å². The van der Waals surface area contributed by atoms with Crippen LogP contribution in [0.4, 0.5) is 5.69 Å². The fourth-order valence-electron chi connectivity index (χ4n) is 2.01. The number of halogens is 2. The first-order valence-corrected chi connectivity index (χ1v) is 8.49. The molecule has 3 N–H and O–H groups in total. The zero-order valence-corrected chi connectivity index (χ0v) is 15.7. The highest BCUT2D eigenvalue weighted by Gasteiger charge is 2.17. The van der Waals surface area contributed by atoms with Crippen LogP contribution in [0.3, 0.4) is 0 Å². The van der Waals surface area contributed by atoms with Crippen LogP contribution in [-0.4, -0.2) is 51.1 Å². The van der Waals surface area contributed by atoms with Gasteiger partial charge in [0.2, 0.25) is 11.8 Å². The Bertz CT molecular complexity index is 567. The number of rotatable bonds is 9. The molecule has 0 heterocycles. The van der Waals surface area contributed by atoms with Crippen LogP contribution in [-0.2, 0) is 9.59 Å². The second-order valence-electron chi connectivity index (χ2n) is 5.58. The van der Waals surface area contributed by atoms with Gasteiger partial charge in [-0.25, -0.2) is 0 Å². The first kappa shape index (κ1) is 20.5. The minimum absolute atomic E-state index is 0.0233. The summed E-state index contributed by atoms with van der Waals surface area (Å²) in [6.45, 7) is 5.32. The molecule has 0 unspecified atom stereocenters. The zero-order chi connectivity index (χ0) is 18.1. The third-order valence-electron chi connectivity index (χ3n) is 3.20. The van der Waals surface area contributed by atoms with Gasteiger partial charge in [-0.1, -0.05) is 37.0 Å². The quantitative estimate of drug-likeness (QED) is 0.574. The Balaban J connectivity index is 2.72. The number of amides is 2. The minimum Gasteiger partial charge on any atom is -0.358 e. The molecule has 0 spiro atoms. The molecule has 0 aromatic heterocycles. The summed E-state index contributed by atoms with van der Waals surface area (Å²) >= 11 is 12.1. The maximum absolute atomic E-state index is 12.1. The third kappa shape index (κ3) is 7.38. The summed E-state index contributed by atoms with van der Waals surface area (Å²) in [5, 5.41) is 9.46. The molecule has 0 fully saturated rings. The van der Waals surface area contributed by atoms with Gasteiger partial charge in [0, 0.05) is 31.2 Å². The van der Waals surface area contributed by atoms with Gasteiger partial charge in [-0.3, -0.25) is 9.59 Å². The predicted octanol–water partition coefficient (Wildman–Crippen LogP) is 1.66. The molecule has 0 saturated heterocycles. The Labute approximate surface area is 152 Å². The summed E-state index contributed by atoms with van der Waals surface area (Å²) < 4.78 is 0. The topological polar surface area (TPSA) is 73.5 Å². The highest BCUT2D eigenvalue weighted by atomic mass is 35.5. The van der Waals surface area contributed by atoms with Crippen molar-refractivity contribution in [3.05, 3.63) is 28.2 Å². The van der Waals surface area contributed by atoms with Gasteiger partial charge in [0.15, 0.2) is 0 Å². The Morgan fingerprint density at radius 2 is 1.79 bits per heavy atom. The highest BCUT2D eigenvalue weighted by molar-refractivity contribution is 6.36. The molecular weight excluding hydrogens is 351 g/mol. The number of benzene rings is 1. The first-order valence-electron chi connectivity index (χ1n) is 7.74. The van der Waals surface area contributed by atoms with E-state index in [4.69, 9.17) is 23.2 Å². The van der Waals surface area contributed by atoms with E-state index >= 15 is 0 Å². The van der Waals surface area contributed by atoms with E-state index in [1.165, 1.54) is 0 Å². The lowest BCUT2D eigenvalue weighted by Gasteiger charge is -2.24. The summed E-state index contributed by atoms with van der Waals surface area (Å²) in [7, 11) is 1.54. The number of anilines is 1. The van der Waals surface area contributed by atoms with Crippen molar-refractivity contribution in [2.24, 2.45) is 0 Å². The lowest BCUT2D eigenvalue weighted by atomic mass is 10.2. The average Bonchev–Trinajstić information content (AvgIpc) is 2.50. The van der Waals surface area contributed by atoms with Crippen LogP contribution in [0.15, 0.2) is 18.2 Å². The lowest BCUT2D eigenvalue weighted by molar-refractivity contribution is -0.120. The van der Waals surface area contributed by atoms with Gasteiger partial charge in [-0.05, 0) is 18.2 Å². The van der Waals surface area contributed by atoms with E-state index in [9.17, 15) is 9.59 Å². The molecule has 8 heteroatoms. The number of hydrogen-bond acceptors (Lipinski definition) is 4. The summed E-state index contributed by atoms with van der Waals surface area (Å²) in [4.78, 5) is 25.5. The van der Waals surface area contributed by atoms with Crippen molar-refractivity contribution in [1.82, 2.24) is 16.0 Å². The lowest BCUT2D eigenvalue weighted by Crippen LogP contribution is -2.44. The Hall–Kier alpha value is -1.50. The number of nitrogens with zero attached hydrogens (tertiary/aromatic N) is 1. The fraction of sp³-hybridized carbons (Fsp3) is 0.500. The summed E-state index contributed by atoms with van der Waals surface area (Å²) in [6, 6.07) is 5.31. The van der Waals surface area contributed by atoms with Gasteiger partial charge in [0.05, 0.1) is 23.8 Å². The van der Waals surface area contributed by atoms with Crippen LogP contribution < -0.4 is 20.9 Å². The molecule has 6 nitrogen and oxygen atoms in total. The third-order valence-corrected chi connectivity index (χ3v) is 3.74. The van der Waals surface area contributed by atoms with Gasteiger partial charge in [0.25, 0.3) is 0 Å². The number of carbonyl (C=O) groups is 2. The Morgan fingerprint density at radius 3 is 2.38 bits per heavy atom. The predicted molar refractivity (Wildman–Crippen MR) is 98.9 cm³/mol. The van der Waals surface area contributed by atoms with E-state index in [0.29, 0.717) is 34.9 Å². The smallest absolute Gasteiger partial charge is 0.239 e. The number of carbonyl (C=O) groups excluding carboxylic acids is 2. The van der Waals surface area contributed by atoms with E-state index < -0.39 is 0 Å². The average molecular weight is 375 g/mol. The number of nitrogens with one attached hydrogen (secondary N) is 3. The normalized spacial score (nSPS) is 10.6. The Kier molecular flexibility index (Phi) is 8.89. The molecule has 0 bridgehead atoms. The number of hydrogen-bond donors (Lipinski definition) is 3. The van der Waals surface area contributed by atoms with E-state index in [2.05, 4.69) is 16.0 Å². The highest BCUT2D eigenvalue weighted by Crippen LogP contribution is 2.28. The molecule has 0 aliphatic rings. The van der Waals surface area contributed by atoms with Crippen LogP contribution in [0, 0.1) is 0 Å². The number of likely N-dealkylation sites (N-methyl/N-ethyl adjacent to an activating group) is 1. The van der Waals surface area contributed by atoms with Gasteiger partial charge in [0.1, 0.15) is 0 Å². The largest absolute Gasteiger partial charge is 0.358 e. The van der Waals surface area contributed by atoms with Crippen LogP contribution in [0.2, 0.25) is 10.0 Å². The molecule has 0 radical (unpaired) electrons. The van der Waals surface area contributed by atoms with E-state index in [1.807, 2.05) is 13.8 Å². The zero-order valence-electron chi connectivity index (χ0n) is 14.2. The molecule has 1 rings (SSSR count). The fourth-order valence-corrected chi connectivity index (χ4v) is 2.54. The van der Waals surface area contributed by atoms with E-state index in [1.54, 1.807) is 30.1 Å². The molecule has 24 heavy (non-hydrogen) atoms. The summed E-state index contributed by atoms with van der Waals surface area (Å²) in [6.07, 6.45) is 0. The van der Waals surface area contributed by atoms with Crippen LogP contribution in [0.1, 0.15) is 13.8 Å². The molecule has 2 amide bonds. The second kappa shape index (κ2) is 10.4. The maximum atomic E-state index is 12.1. The minimum atomic E-state index is -0.213. The molecule has 134 valence electrons. The van der Waals surface area contributed by atoms with Crippen molar-refractivity contribution in [3.63, 3.8) is 0 Å².